The van der Waals surface area contributed by atoms with Crippen LogP contribution in [0.4, 0.5) is 0 Å². The highest BCUT2D eigenvalue weighted by molar-refractivity contribution is 7.86. The Labute approximate surface area is 231 Å². The van der Waals surface area contributed by atoms with E-state index in [9.17, 15) is 13.8 Å². The van der Waals surface area contributed by atoms with E-state index in [0.717, 1.165) is 10.6 Å². The first kappa shape index (κ1) is 30.8. The maximum Gasteiger partial charge on any atom is 0.253 e. The van der Waals surface area contributed by atoms with Gasteiger partial charge in [-0.25, -0.2) is 0 Å². The van der Waals surface area contributed by atoms with Gasteiger partial charge in [-0.15, -0.1) is 0 Å². The Hall–Kier alpha value is -2.44. The number of carbonyl (C=O) groups excluding carboxylic acids is 2. The summed E-state index contributed by atoms with van der Waals surface area (Å²) in [6, 6.07) is 16.0. The zero-order chi connectivity index (χ0) is 27.6. The third-order valence-electron chi connectivity index (χ3n) is 5.77. The van der Waals surface area contributed by atoms with E-state index in [0.29, 0.717) is 17.2 Å². The summed E-state index contributed by atoms with van der Waals surface area (Å²) in [6.07, 6.45) is 0.945. The average Bonchev–Trinajstić information content (AvgIpc) is 2.85. The molecule has 200 valence electrons. The van der Waals surface area contributed by atoms with Crippen LogP contribution < -0.4 is 5.32 Å². The van der Waals surface area contributed by atoms with Crippen molar-refractivity contribution in [2.24, 2.45) is 0 Å². The Balaban J connectivity index is 0.000000591. The first-order chi connectivity index (χ1) is 17.5. The molecule has 1 aliphatic heterocycles. The van der Waals surface area contributed by atoms with E-state index in [4.69, 9.17) is 33.2 Å². The van der Waals surface area contributed by atoms with E-state index in [1.54, 1.807) is 23.2 Å². The van der Waals surface area contributed by atoms with Gasteiger partial charge in [0.15, 0.2) is 6.19 Å². The fourth-order valence-corrected chi connectivity index (χ4v) is 5.23. The lowest BCUT2D eigenvalue weighted by molar-refractivity contribution is -0.165. The fraction of sp³-hybridized carbons (Fsp3) is 0.444. The monoisotopic (exact) mass is 565 g/mol. The number of amides is 2. The van der Waals surface area contributed by atoms with Gasteiger partial charge in [-0.1, -0.05) is 60.5 Å². The first-order valence-corrected chi connectivity index (χ1v) is 14.0. The van der Waals surface area contributed by atoms with Crippen molar-refractivity contribution in [1.29, 1.82) is 5.26 Å². The molecular formula is C27H33Cl2N3O4S. The summed E-state index contributed by atoms with van der Waals surface area (Å²) in [6.45, 7) is 7.86. The Bertz CT molecular complexity index is 1100. The van der Waals surface area contributed by atoms with Crippen LogP contribution in [-0.2, 0) is 25.1 Å². The maximum atomic E-state index is 13.4. The van der Waals surface area contributed by atoms with Crippen molar-refractivity contribution < 1.29 is 18.5 Å². The molecule has 1 aliphatic rings. The second kappa shape index (κ2) is 14.5. The number of nitrogens with zero attached hydrogens (tertiary/aromatic N) is 2. The number of carbonyl (C=O) groups is 2. The van der Waals surface area contributed by atoms with Gasteiger partial charge in [-0.05, 0) is 57.0 Å². The lowest BCUT2D eigenvalue weighted by atomic mass is 9.99. The molecule has 4 unspecified atom stereocenters. The minimum absolute atomic E-state index is 0.191. The van der Waals surface area contributed by atoms with Crippen LogP contribution in [0.1, 0.15) is 52.1 Å². The third kappa shape index (κ3) is 9.42. The van der Waals surface area contributed by atoms with E-state index < -0.39 is 27.6 Å². The number of halogens is 2. The normalized spacial score (nSPS) is 19.2. The van der Waals surface area contributed by atoms with Crippen molar-refractivity contribution in [2.75, 3.05) is 12.4 Å². The van der Waals surface area contributed by atoms with Crippen molar-refractivity contribution in [3.05, 3.63) is 70.2 Å². The van der Waals surface area contributed by atoms with Crippen molar-refractivity contribution in [3.63, 3.8) is 0 Å². The van der Waals surface area contributed by atoms with E-state index in [2.05, 4.69) is 0 Å². The highest BCUT2D eigenvalue weighted by Gasteiger charge is 2.42. The number of hydrogen-bond donors (Lipinski definition) is 1. The molecule has 2 amide bonds. The molecule has 4 atom stereocenters. The van der Waals surface area contributed by atoms with Crippen LogP contribution >= 0.6 is 23.2 Å². The van der Waals surface area contributed by atoms with Gasteiger partial charge in [0.2, 0.25) is 5.91 Å². The van der Waals surface area contributed by atoms with Crippen molar-refractivity contribution >= 4 is 45.8 Å². The van der Waals surface area contributed by atoms with Crippen LogP contribution in [0.25, 0.3) is 0 Å². The zero-order valence-electron chi connectivity index (χ0n) is 21.4. The molecule has 0 spiro atoms. The maximum absolute atomic E-state index is 13.4. The van der Waals surface area contributed by atoms with E-state index in [1.165, 1.54) is 0 Å². The van der Waals surface area contributed by atoms with E-state index in [-0.39, 0.29) is 31.0 Å². The number of benzene rings is 2. The topological polar surface area (TPSA) is 99.5 Å². The molecule has 10 heteroatoms. The molecule has 37 heavy (non-hydrogen) atoms. The van der Waals surface area contributed by atoms with Crippen molar-refractivity contribution in [1.82, 2.24) is 10.2 Å². The van der Waals surface area contributed by atoms with Gasteiger partial charge in [0.05, 0.1) is 19.1 Å². The molecule has 1 heterocycles. The molecule has 1 saturated heterocycles. The predicted octanol–water partition coefficient (Wildman–Crippen LogP) is 5.26. The quantitative estimate of drug-likeness (QED) is 0.364. The summed E-state index contributed by atoms with van der Waals surface area (Å²) in [4.78, 5) is 26.9. The number of ether oxygens (including phenoxy) is 1. The summed E-state index contributed by atoms with van der Waals surface area (Å²) in [7, 11) is -1.16. The van der Waals surface area contributed by atoms with Gasteiger partial charge < -0.3 is 9.64 Å². The van der Waals surface area contributed by atoms with Gasteiger partial charge in [0.25, 0.3) is 5.91 Å². The Morgan fingerprint density at radius 3 is 2.24 bits per heavy atom. The Morgan fingerprint density at radius 2 is 1.76 bits per heavy atom. The highest BCUT2D eigenvalue weighted by atomic mass is 35.5. The summed E-state index contributed by atoms with van der Waals surface area (Å²) >= 11 is 11.6. The molecule has 2 aromatic carbocycles. The standard InChI is InChI=1S/C21H28ClN3O4S.C6H5Cl/c1-5-16(12-30(28)21(2,3)4)25-17(14-6-8-15(22)9-7-14)11-29-18(20(25)27)10-19(26)24-13-23;7-6-4-2-1-3-5-6/h6-9,16-18H,5,10-12H2,1-4H3,(H,24,26);1-5H. The van der Waals surface area contributed by atoms with Crippen LogP contribution in [0.2, 0.25) is 10.0 Å². The largest absolute Gasteiger partial charge is 0.365 e. The molecule has 7 nitrogen and oxygen atoms in total. The number of nitriles is 1. The van der Waals surface area contributed by atoms with Crippen LogP contribution in [0.15, 0.2) is 54.6 Å². The number of nitrogens with one attached hydrogen (secondary N) is 1. The van der Waals surface area contributed by atoms with Gasteiger partial charge in [0.1, 0.15) is 6.10 Å². The SMILES string of the molecule is CCC(CS(=O)C(C)(C)C)N1C(=O)C(CC(=O)NC#N)OCC1c1ccc(Cl)cc1.Clc1ccccc1. The van der Waals surface area contributed by atoms with Crippen LogP contribution in [-0.4, -0.2) is 50.2 Å². The molecule has 1 N–H and O–H groups in total. The second-order valence-electron chi connectivity index (χ2n) is 9.48. The highest BCUT2D eigenvalue weighted by Crippen LogP contribution is 2.32. The van der Waals surface area contributed by atoms with Crippen LogP contribution in [0.3, 0.4) is 0 Å². The molecule has 0 radical (unpaired) electrons. The minimum atomic E-state index is -1.16. The number of hydrogen-bond acceptors (Lipinski definition) is 5. The molecule has 2 aromatic rings. The molecular weight excluding hydrogens is 533 g/mol. The van der Waals surface area contributed by atoms with Gasteiger partial charge in [-0.2, -0.15) is 5.26 Å². The number of morpholine rings is 1. The molecule has 0 aromatic heterocycles. The van der Waals surface area contributed by atoms with Crippen molar-refractivity contribution in [2.45, 2.75) is 63.5 Å². The minimum Gasteiger partial charge on any atom is -0.365 e. The van der Waals surface area contributed by atoms with Crippen molar-refractivity contribution in [3.8, 4) is 6.19 Å². The smallest absolute Gasteiger partial charge is 0.253 e. The van der Waals surface area contributed by atoms with Crippen LogP contribution in [0, 0.1) is 11.5 Å². The van der Waals surface area contributed by atoms with Gasteiger partial charge in [0, 0.05) is 37.4 Å². The van der Waals surface area contributed by atoms with Gasteiger partial charge >= 0.3 is 0 Å². The Kier molecular flexibility index (Phi) is 12.1. The first-order valence-electron chi connectivity index (χ1n) is 11.9. The summed E-state index contributed by atoms with van der Waals surface area (Å²) in [5, 5.41) is 12.0. The molecule has 0 aliphatic carbocycles. The van der Waals surface area contributed by atoms with E-state index >= 15 is 0 Å². The lowest BCUT2D eigenvalue weighted by Crippen LogP contribution is -2.56. The van der Waals surface area contributed by atoms with Gasteiger partial charge in [-0.3, -0.25) is 19.1 Å². The van der Waals surface area contributed by atoms with E-state index in [1.807, 2.05) is 75.5 Å². The Morgan fingerprint density at radius 1 is 1.16 bits per heavy atom. The van der Waals surface area contributed by atoms with Crippen LogP contribution in [0.5, 0.6) is 0 Å². The predicted molar refractivity (Wildman–Crippen MR) is 147 cm³/mol. The molecule has 0 bridgehead atoms. The second-order valence-corrected chi connectivity index (χ2v) is 12.6. The zero-order valence-corrected chi connectivity index (χ0v) is 23.8. The summed E-state index contributed by atoms with van der Waals surface area (Å²) in [5.74, 6) is -0.591. The summed E-state index contributed by atoms with van der Waals surface area (Å²) in [5.41, 5.74) is 0.854. The fourth-order valence-electron chi connectivity index (χ4n) is 3.72. The number of rotatable bonds is 7. The molecule has 3 rings (SSSR count). The summed E-state index contributed by atoms with van der Waals surface area (Å²) < 4.78 is 18.2. The lowest BCUT2D eigenvalue weighted by Gasteiger charge is -2.44. The molecule has 1 fully saturated rings. The average molecular weight is 567 g/mol. The third-order valence-corrected chi connectivity index (χ3v) is 8.32. The molecule has 0 saturated carbocycles.